The molecule has 1 aliphatic carbocycles. The van der Waals surface area contributed by atoms with Crippen LogP contribution in [-0.4, -0.2) is 24.1 Å². The Bertz CT molecular complexity index is 433. The highest BCUT2D eigenvalue weighted by atomic mass is 19.4. The molecule has 0 saturated heterocycles. The average molecular weight is 273 g/mol. The van der Waals surface area contributed by atoms with Gasteiger partial charge < -0.3 is 10.6 Å². The fraction of sp³-hybridized carbons (Fsp3) is 0.615. The molecule has 1 aromatic rings. The van der Waals surface area contributed by atoms with E-state index in [0.29, 0.717) is 5.82 Å². The van der Waals surface area contributed by atoms with Gasteiger partial charge in [-0.05, 0) is 25.0 Å². The van der Waals surface area contributed by atoms with Crippen LogP contribution in [0.2, 0.25) is 0 Å². The predicted octanol–water partition coefficient (Wildman–Crippen LogP) is 2.81. The molecule has 0 radical (unpaired) electrons. The first-order chi connectivity index (χ1) is 8.89. The minimum Gasteiger partial charge on any atom is -0.355 e. The number of halogens is 3. The summed E-state index contributed by atoms with van der Waals surface area (Å²) in [5.74, 6) is 0.331. The molecule has 6 heteroatoms. The molecule has 2 atom stereocenters. The Kier molecular flexibility index (Phi) is 3.99. The van der Waals surface area contributed by atoms with Gasteiger partial charge in [-0.25, -0.2) is 4.98 Å². The summed E-state index contributed by atoms with van der Waals surface area (Å²) in [6.45, 7) is 0. The summed E-state index contributed by atoms with van der Waals surface area (Å²) in [7, 11) is 1.76. The van der Waals surface area contributed by atoms with Crippen molar-refractivity contribution in [2.45, 2.75) is 43.9 Å². The molecule has 0 aliphatic heterocycles. The Morgan fingerprint density at radius 2 is 1.95 bits per heavy atom. The molecular weight excluding hydrogens is 255 g/mol. The minimum atomic E-state index is -4.41. The first-order valence-corrected chi connectivity index (χ1v) is 6.42. The third-order valence-electron chi connectivity index (χ3n) is 3.67. The van der Waals surface area contributed by atoms with Gasteiger partial charge in [0.05, 0.1) is 0 Å². The number of hydrogen-bond donors (Lipinski definition) is 1. The summed E-state index contributed by atoms with van der Waals surface area (Å²) in [6.07, 6.45) is -0.460. The van der Waals surface area contributed by atoms with E-state index in [1.165, 1.54) is 6.07 Å². The summed E-state index contributed by atoms with van der Waals surface area (Å²) >= 11 is 0. The van der Waals surface area contributed by atoms with E-state index in [4.69, 9.17) is 5.73 Å². The Morgan fingerprint density at radius 1 is 1.26 bits per heavy atom. The van der Waals surface area contributed by atoms with Crippen LogP contribution in [-0.2, 0) is 6.18 Å². The lowest BCUT2D eigenvalue weighted by molar-refractivity contribution is -0.141. The fourth-order valence-corrected chi connectivity index (χ4v) is 2.57. The van der Waals surface area contributed by atoms with Crippen molar-refractivity contribution in [1.82, 2.24) is 4.98 Å². The van der Waals surface area contributed by atoms with E-state index < -0.39 is 11.9 Å². The molecule has 19 heavy (non-hydrogen) atoms. The first kappa shape index (κ1) is 14.1. The monoisotopic (exact) mass is 273 g/mol. The topological polar surface area (TPSA) is 42.2 Å². The van der Waals surface area contributed by atoms with Gasteiger partial charge in [0.15, 0.2) is 0 Å². The molecule has 0 aromatic carbocycles. The predicted molar refractivity (Wildman–Crippen MR) is 67.9 cm³/mol. The van der Waals surface area contributed by atoms with Crippen molar-refractivity contribution in [1.29, 1.82) is 0 Å². The van der Waals surface area contributed by atoms with Crippen LogP contribution >= 0.6 is 0 Å². The highest BCUT2D eigenvalue weighted by Gasteiger charge is 2.33. The van der Waals surface area contributed by atoms with E-state index in [-0.39, 0.29) is 12.1 Å². The summed E-state index contributed by atoms with van der Waals surface area (Å²) in [5.41, 5.74) is 5.19. The van der Waals surface area contributed by atoms with Gasteiger partial charge in [0.1, 0.15) is 11.5 Å². The molecule has 1 aliphatic rings. The van der Waals surface area contributed by atoms with Crippen LogP contribution in [0.25, 0.3) is 0 Å². The third kappa shape index (κ3) is 3.18. The maximum atomic E-state index is 12.6. The van der Waals surface area contributed by atoms with Gasteiger partial charge >= 0.3 is 6.18 Å². The molecule has 1 aromatic heterocycles. The molecular formula is C13H18F3N3. The Morgan fingerprint density at radius 3 is 2.58 bits per heavy atom. The lowest BCUT2D eigenvalue weighted by atomic mass is 9.90. The third-order valence-corrected chi connectivity index (χ3v) is 3.67. The second kappa shape index (κ2) is 5.36. The molecule has 106 valence electrons. The van der Waals surface area contributed by atoms with Crippen molar-refractivity contribution in [3.8, 4) is 0 Å². The van der Waals surface area contributed by atoms with Gasteiger partial charge in [0.25, 0.3) is 0 Å². The van der Waals surface area contributed by atoms with E-state index in [1.54, 1.807) is 18.0 Å². The van der Waals surface area contributed by atoms with Crippen molar-refractivity contribution >= 4 is 5.82 Å². The van der Waals surface area contributed by atoms with Crippen LogP contribution in [0.3, 0.4) is 0 Å². The lowest BCUT2D eigenvalue weighted by Gasteiger charge is -2.36. The van der Waals surface area contributed by atoms with Gasteiger partial charge in [0, 0.05) is 19.1 Å². The van der Waals surface area contributed by atoms with Gasteiger partial charge in [0.2, 0.25) is 0 Å². The summed E-state index contributed by atoms with van der Waals surface area (Å²) in [6, 6.07) is 4.02. The van der Waals surface area contributed by atoms with Crippen molar-refractivity contribution in [3.63, 3.8) is 0 Å². The van der Waals surface area contributed by atoms with Gasteiger partial charge in [-0.15, -0.1) is 0 Å². The smallest absolute Gasteiger partial charge is 0.355 e. The van der Waals surface area contributed by atoms with Gasteiger partial charge in [-0.1, -0.05) is 18.9 Å². The average Bonchev–Trinajstić information content (AvgIpc) is 2.38. The van der Waals surface area contributed by atoms with Crippen molar-refractivity contribution in [3.05, 3.63) is 23.9 Å². The SMILES string of the molecule is CN(c1cccc(C(F)(F)F)n1)C1CCCCC1N. The Balaban J connectivity index is 2.21. The van der Waals surface area contributed by atoms with E-state index in [0.717, 1.165) is 31.7 Å². The van der Waals surface area contributed by atoms with E-state index in [2.05, 4.69) is 4.98 Å². The number of anilines is 1. The second-order valence-electron chi connectivity index (χ2n) is 5.01. The van der Waals surface area contributed by atoms with Crippen LogP contribution in [0, 0.1) is 0 Å². The normalized spacial score (nSPS) is 24.3. The number of likely N-dealkylation sites (N-methyl/N-ethyl adjacent to an activating group) is 1. The van der Waals surface area contributed by atoms with Gasteiger partial charge in [-0.3, -0.25) is 0 Å². The van der Waals surface area contributed by atoms with Crippen LogP contribution in [0.15, 0.2) is 18.2 Å². The van der Waals surface area contributed by atoms with Crippen LogP contribution in [0.4, 0.5) is 19.0 Å². The Hall–Kier alpha value is -1.30. The standard InChI is InChI=1S/C13H18F3N3/c1-19(10-6-3-2-5-9(10)17)12-8-4-7-11(18-12)13(14,15)16/h4,7-10H,2-3,5-6,17H2,1H3. The fourth-order valence-electron chi connectivity index (χ4n) is 2.57. The molecule has 1 heterocycles. The molecule has 0 amide bonds. The molecule has 2 unspecified atom stereocenters. The summed E-state index contributed by atoms with van der Waals surface area (Å²) in [5, 5.41) is 0. The minimum absolute atomic E-state index is 0.00454. The number of rotatable bonds is 2. The van der Waals surface area contributed by atoms with Gasteiger partial charge in [-0.2, -0.15) is 13.2 Å². The zero-order chi connectivity index (χ0) is 14.0. The van der Waals surface area contributed by atoms with Crippen molar-refractivity contribution in [2.24, 2.45) is 5.73 Å². The largest absolute Gasteiger partial charge is 0.433 e. The summed E-state index contributed by atoms with van der Waals surface area (Å²) < 4.78 is 37.9. The number of nitrogens with two attached hydrogens (primary N) is 1. The lowest BCUT2D eigenvalue weighted by Crippen LogP contribution is -2.48. The quantitative estimate of drug-likeness (QED) is 0.901. The molecule has 3 nitrogen and oxygen atoms in total. The zero-order valence-electron chi connectivity index (χ0n) is 10.8. The molecule has 0 bridgehead atoms. The molecule has 1 saturated carbocycles. The number of pyridine rings is 1. The van der Waals surface area contributed by atoms with E-state index >= 15 is 0 Å². The molecule has 0 spiro atoms. The maximum Gasteiger partial charge on any atom is 0.433 e. The van der Waals surface area contributed by atoms with Crippen LogP contribution in [0.5, 0.6) is 0 Å². The number of hydrogen-bond acceptors (Lipinski definition) is 3. The maximum absolute atomic E-state index is 12.6. The highest BCUT2D eigenvalue weighted by Crippen LogP contribution is 2.30. The zero-order valence-corrected chi connectivity index (χ0v) is 10.8. The number of aromatic nitrogens is 1. The van der Waals surface area contributed by atoms with E-state index in [9.17, 15) is 13.2 Å². The van der Waals surface area contributed by atoms with Crippen molar-refractivity contribution < 1.29 is 13.2 Å². The number of nitrogens with zero attached hydrogens (tertiary/aromatic N) is 2. The molecule has 1 fully saturated rings. The molecule has 2 N–H and O–H groups in total. The highest BCUT2D eigenvalue weighted by molar-refractivity contribution is 5.40. The summed E-state index contributed by atoms with van der Waals surface area (Å²) in [4.78, 5) is 5.48. The van der Waals surface area contributed by atoms with Crippen LogP contribution < -0.4 is 10.6 Å². The van der Waals surface area contributed by atoms with Crippen LogP contribution in [0.1, 0.15) is 31.4 Å². The van der Waals surface area contributed by atoms with E-state index in [1.807, 2.05) is 0 Å². The second-order valence-corrected chi connectivity index (χ2v) is 5.01. The van der Waals surface area contributed by atoms with Crippen molar-refractivity contribution in [2.75, 3.05) is 11.9 Å². The molecule has 2 rings (SSSR count). The number of alkyl halides is 3. The first-order valence-electron chi connectivity index (χ1n) is 6.42. The Labute approximate surface area is 110 Å².